The molecule has 1 aromatic heterocycles. The number of quaternary nitrogens is 1. The van der Waals surface area contributed by atoms with E-state index in [9.17, 15) is 14.7 Å². The zero-order valence-electron chi connectivity index (χ0n) is 19.1. The Balaban J connectivity index is 1.49. The van der Waals surface area contributed by atoms with Crippen LogP contribution >= 0.6 is 0 Å². The van der Waals surface area contributed by atoms with Gasteiger partial charge in [-0.15, -0.1) is 0 Å². The van der Waals surface area contributed by atoms with Crippen molar-refractivity contribution in [1.82, 2.24) is 9.55 Å². The molecule has 33 heavy (non-hydrogen) atoms. The van der Waals surface area contributed by atoms with Gasteiger partial charge >= 0.3 is 5.69 Å². The van der Waals surface area contributed by atoms with Gasteiger partial charge in [0.1, 0.15) is 12.1 Å². The lowest BCUT2D eigenvalue weighted by Gasteiger charge is -2.27. The molecule has 0 bridgehead atoms. The normalized spacial score (nSPS) is 18.8. The number of hydrogen-bond acceptors (Lipinski definition) is 4. The van der Waals surface area contributed by atoms with Gasteiger partial charge < -0.3 is 10.0 Å². The van der Waals surface area contributed by atoms with E-state index in [-0.39, 0.29) is 11.6 Å². The van der Waals surface area contributed by atoms with Gasteiger partial charge in [-0.25, -0.2) is 9.36 Å². The third kappa shape index (κ3) is 5.31. The summed E-state index contributed by atoms with van der Waals surface area (Å²) < 4.78 is 1.11. The van der Waals surface area contributed by atoms with Crippen molar-refractivity contribution < 1.29 is 10.0 Å². The summed E-state index contributed by atoms with van der Waals surface area (Å²) in [5.74, 6) is -0.0412. The number of likely N-dealkylation sites (tertiary alicyclic amines) is 1. The molecule has 0 atom stereocenters. The van der Waals surface area contributed by atoms with Crippen LogP contribution in [-0.4, -0.2) is 40.0 Å². The van der Waals surface area contributed by atoms with Gasteiger partial charge in [0.2, 0.25) is 5.88 Å². The Morgan fingerprint density at radius 2 is 1.76 bits per heavy atom. The van der Waals surface area contributed by atoms with E-state index in [2.05, 4.69) is 48.1 Å². The first-order valence-electron chi connectivity index (χ1n) is 11.5. The Labute approximate surface area is 193 Å². The number of aromatic amines is 1. The maximum Gasteiger partial charge on any atom is 0.335 e. The van der Waals surface area contributed by atoms with Crippen molar-refractivity contribution in [3.63, 3.8) is 0 Å². The lowest BCUT2D eigenvalue weighted by molar-refractivity contribution is -0.918. The van der Waals surface area contributed by atoms with Gasteiger partial charge in [0.05, 0.1) is 24.8 Å². The van der Waals surface area contributed by atoms with E-state index in [4.69, 9.17) is 0 Å². The molecule has 3 aromatic rings. The maximum absolute atomic E-state index is 12.4. The Bertz CT molecular complexity index is 1220. The van der Waals surface area contributed by atoms with Crippen LogP contribution in [0.5, 0.6) is 5.88 Å². The second kappa shape index (κ2) is 10.0. The van der Waals surface area contributed by atoms with Crippen LogP contribution in [0.1, 0.15) is 49.3 Å². The SMILES string of the molecule is CC(C)c1ccc(-n2c(O)c(C=NC3CC[NH+](Cc4ccccc4)CC3)c(=O)[nH]c2=O)cc1. The summed E-state index contributed by atoms with van der Waals surface area (Å²) >= 11 is 0. The van der Waals surface area contributed by atoms with Gasteiger partial charge in [0.25, 0.3) is 5.56 Å². The quantitative estimate of drug-likeness (QED) is 0.505. The van der Waals surface area contributed by atoms with Gasteiger partial charge in [-0.3, -0.25) is 14.8 Å². The van der Waals surface area contributed by atoms with E-state index in [0.717, 1.165) is 42.6 Å². The summed E-state index contributed by atoms with van der Waals surface area (Å²) in [4.78, 5) is 33.2. The van der Waals surface area contributed by atoms with Crippen molar-refractivity contribution in [2.75, 3.05) is 13.1 Å². The average Bonchev–Trinajstić information content (AvgIpc) is 2.81. The lowest BCUT2D eigenvalue weighted by Crippen LogP contribution is -3.12. The molecule has 4 rings (SSSR count). The predicted octanol–water partition coefficient (Wildman–Crippen LogP) is 2.02. The summed E-state index contributed by atoms with van der Waals surface area (Å²) in [6.07, 6.45) is 3.24. The molecule has 2 aromatic carbocycles. The van der Waals surface area contributed by atoms with Gasteiger partial charge in [0, 0.05) is 24.6 Å². The predicted molar refractivity (Wildman–Crippen MR) is 130 cm³/mol. The first-order valence-corrected chi connectivity index (χ1v) is 11.5. The van der Waals surface area contributed by atoms with Crippen molar-refractivity contribution in [2.45, 2.75) is 45.2 Å². The molecule has 1 aliphatic heterocycles. The number of benzene rings is 2. The van der Waals surface area contributed by atoms with Crippen LogP contribution in [0.15, 0.2) is 69.2 Å². The molecule has 0 aliphatic carbocycles. The highest BCUT2D eigenvalue weighted by Gasteiger charge is 2.22. The van der Waals surface area contributed by atoms with Crippen LogP contribution in [0, 0.1) is 0 Å². The molecule has 2 heterocycles. The summed E-state index contributed by atoms with van der Waals surface area (Å²) in [6, 6.07) is 17.9. The van der Waals surface area contributed by atoms with Gasteiger partial charge in [-0.05, 0) is 23.6 Å². The molecule has 3 N–H and O–H groups in total. The van der Waals surface area contributed by atoms with Crippen molar-refractivity contribution in [3.8, 4) is 11.6 Å². The van der Waals surface area contributed by atoms with E-state index >= 15 is 0 Å². The molecule has 0 radical (unpaired) electrons. The fourth-order valence-corrected chi connectivity index (χ4v) is 4.30. The van der Waals surface area contributed by atoms with Crippen LogP contribution in [0.2, 0.25) is 0 Å². The van der Waals surface area contributed by atoms with Crippen LogP contribution in [0.4, 0.5) is 0 Å². The van der Waals surface area contributed by atoms with Crippen LogP contribution in [-0.2, 0) is 6.54 Å². The number of aromatic hydroxyl groups is 1. The summed E-state index contributed by atoms with van der Waals surface area (Å²) in [7, 11) is 0. The van der Waals surface area contributed by atoms with Crippen molar-refractivity contribution >= 4 is 6.21 Å². The number of rotatable bonds is 6. The number of piperidine rings is 1. The van der Waals surface area contributed by atoms with E-state index in [1.165, 1.54) is 16.7 Å². The molecule has 7 nitrogen and oxygen atoms in total. The van der Waals surface area contributed by atoms with E-state index < -0.39 is 17.1 Å². The lowest BCUT2D eigenvalue weighted by atomic mass is 10.0. The molecule has 7 heteroatoms. The summed E-state index contributed by atoms with van der Waals surface area (Å²) in [5.41, 5.74) is 1.63. The number of nitrogens with one attached hydrogen (secondary N) is 2. The Morgan fingerprint density at radius 3 is 2.39 bits per heavy atom. The molecule has 0 saturated carbocycles. The first kappa shape index (κ1) is 22.7. The number of aliphatic imine (C=N–C) groups is 1. The van der Waals surface area contributed by atoms with Crippen molar-refractivity contribution in [1.29, 1.82) is 0 Å². The minimum atomic E-state index is -0.676. The number of nitrogens with zero attached hydrogens (tertiary/aromatic N) is 2. The number of aromatic nitrogens is 2. The maximum atomic E-state index is 12.4. The number of H-pyrrole nitrogens is 1. The molecular formula is C26H31N4O3+. The third-order valence-corrected chi connectivity index (χ3v) is 6.31. The highest BCUT2D eigenvalue weighted by molar-refractivity contribution is 5.82. The Hall–Kier alpha value is -3.45. The average molecular weight is 448 g/mol. The standard InChI is InChI=1S/C26H30N4O3/c1-18(2)20-8-10-22(11-9-20)30-25(32)23(24(31)28-26(30)33)16-27-21-12-14-29(15-13-21)17-19-6-4-3-5-7-19/h3-11,16,18,21,32H,12-15,17H2,1-2H3,(H,28,31,33)/p+1. The van der Waals surface area contributed by atoms with Crippen molar-refractivity contribution in [2.24, 2.45) is 4.99 Å². The van der Waals surface area contributed by atoms with Gasteiger partial charge in [0.15, 0.2) is 0 Å². The molecule has 0 spiro atoms. The smallest absolute Gasteiger partial charge is 0.335 e. The Morgan fingerprint density at radius 1 is 1.09 bits per heavy atom. The minimum absolute atomic E-state index is 0.00148. The first-order chi connectivity index (χ1) is 15.9. The molecular weight excluding hydrogens is 416 g/mol. The van der Waals surface area contributed by atoms with Crippen LogP contribution in [0.25, 0.3) is 5.69 Å². The molecule has 0 unspecified atom stereocenters. The summed E-state index contributed by atoms with van der Waals surface area (Å²) in [5, 5.41) is 10.8. The van der Waals surface area contributed by atoms with E-state index in [1.807, 2.05) is 18.2 Å². The fourth-order valence-electron chi connectivity index (χ4n) is 4.30. The van der Waals surface area contributed by atoms with Crippen molar-refractivity contribution in [3.05, 3.63) is 92.1 Å². The fraction of sp³-hybridized carbons (Fsp3) is 0.346. The second-order valence-corrected chi connectivity index (χ2v) is 9.00. The third-order valence-electron chi connectivity index (χ3n) is 6.31. The molecule has 0 amide bonds. The number of hydrogen-bond donors (Lipinski definition) is 3. The van der Waals surface area contributed by atoms with Crippen LogP contribution in [0.3, 0.4) is 0 Å². The minimum Gasteiger partial charge on any atom is -0.493 e. The zero-order chi connectivity index (χ0) is 23.4. The second-order valence-electron chi connectivity index (χ2n) is 9.00. The highest BCUT2D eigenvalue weighted by atomic mass is 16.3. The monoisotopic (exact) mass is 447 g/mol. The van der Waals surface area contributed by atoms with E-state index in [0.29, 0.717) is 11.6 Å². The van der Waals surface area contributed by atoms with E-state index in [1.54, 1.807) is 12.1 Å². The van der Waals surface area contributed by atoms with Crippen LogP contribution < -0.4 is 16.1 Å². The molecule has 1 aliphatic rings. The molecule has 172 valence electrons. The molecule has 1 fully saturated rings. The summed E-state index contributed by atoms with van der Waals surface area (Å²) in [6.45, 7) is 7.17. The zero-order valence-corrected chi connectivity index (χ0v) is 19.1. The molecule has 1 saturated heterocycles. The van der Waals surface area contributed by atoms with Gasteiger partial charge in [-0.1, -0.05) is 56.3 Å². The van der Waals surface area contributed by atoms with Gasteiger partial charge in [-0.2, -0.15) is 0 Å². The highest BCUT2D eigenvalue weighted by Crippen LogP contribution is 2.19. The topological polar surface area (TPSA) is 91.9 Å². The largest absolute Gasteiger partial charge is 0.493 e. The Kier molecular flexibility index (Phi) is 6.89.